The molecule has 2 atom stereocenters. The Morgan fingerprint density at radius 3 is 2.46 bits per heavy atom. The standard InChI is InChI=1S/C7H9F3N2O/c8-7(9,10)6(13)12-5-2-1-4(3-5)11-12/h4-5,11H,1-3H2. The summed E-state index contributed by atoms with van der Waals surface area (Å²) in [5.41, 5.74) is 2.56. The summed E-state index contributed by atoms with van der Waals surface area (Å²) in [6.45, 7) is 0. The molecule has 6 heteroatoms. The summed E-state index contributed by atoms with van der Waals surface area (Å²) in [5, 5.41) is 0.744. The summed E-state index contributed by atoms with van der Waals surface area (Å²) < 4.78 is 36.0. The Bertz CT molecular complexity index is 240. The molecule has 74 valence electrons. The highest BCUT2D eigenvalue weighted by Crippen LogP contribution is 2.32. The molecule has 13 heavy (non-hydrogen) atoms. The molecule has 2 bridgehead atoms. The molecular formula is C7H9F3N2O. The van der Waals surface area contributed by atoms with Crippen molar-refractivity contribution in [3.05, 3.63) is 0 Å². The van der Waals surface area contributed by atoms with E-state index in [2.05, 4.69) is 5.43 Å². The fourth-order valence-corrected chi connectivity index (χ4v) is 1.97. The monoisotopic (exact) mass is 194 g/mol. The Morgan fingerprint density at radius 2 is 2.08 bits per heavy atom. The van der Waals surface area contributed by atoms with Gasteiger partial charge in [0.15, 0.2) is 0 Å². The molecule has 0 aromatic rings. The minimum atomic E-state index is -4.75. The topological polar surface area (TPSA) is 32.3 Å². The van der Waals surface area contributed by atoms with E-state index < -0.39 is 12.1 Å². The van der Waals surface area contributed by atoms with Crippen molar-refractivity contribution in [1.29, 1.82) is 0 Å². The van der Waals surface area contributed by atoms with Crippen LogP contribution in [-0.4, -0.2) is 29.2 Å². The number of hydrazine groups is 1. The number of hydrogen-bond donors (Lipinski definition) is 1. The van der Waals surface area contributed by atoms with E-state index in [0.717, 1.165) is 11.4 Å². The van der Waals surface area contributed by atoms with E-state index in [0.29, 0.717) is 12.8 Å². The minimum absolute atomic E-state index is 0.0660. The molecule has 1 amide bonds. The zero-order valence-corrected chi connectivity index (χ0v) is 6.77. The first-order chi connectivity index (χ1) is 5.98. The lowest BCUT2D eigenvalue weighted by molar-refractivity contribution is -0.190. The van der Waals surface area contributed by atoms with Crippen molar-refractivity contribution in [2.75, 3.05) is 0 Å². The number of carbonyl (C=O) groups excluding carboxylic acids is 1. The molecule has 1 aliphatic carbocycles. The molecule has 0 radical (unpaired) electrons. The molecule has 2 unspecified atom stereocenters. The Hall–Kier alpha value is -0.780. The van der Waals surface area contributed by atoms with Crippen molar-refractivity contribution < 1.29 is 18.0 Å². The maximum atomic E-state index is 12.0. The second-order valence-electron chi connectivity index (χ2n) is 3.47. The zero-order valence-electron chi connectivity index (χ0n) is 6.77. The van der Waals surface area contributed by atoms with Crippen molar-refractivity contribution in [1.82, 2.24) is 10.4 Å². The van der Waals surface area contributed by atoms with Gasteiger partial charge in [-0.15, -0.1) is 0 Å². The maximum absolute atomic E-state index is 12.0. The zero-order chi connectivity index (χ0) is 9.64. The summed E-state index contributed by atoms with van der Waals surface area (Å²) in [6.07, 6.45) is -2.55. The molecule has 0 spiro atoms. The minimum Gasteiger partial charge on any atom is -0.267 e. The van der Waals surface area contributed by atoms with E-state index in [1.807, 2.05) is 0 Å². The van der Waals surface area contributed by atoms with Gasteiger partial charge < -0.3 is 0 Å². The fourth-order valence-electron chi connectivity index (χ4n) is 1.97. The van der Waals surface area contributed by atoms with Crippen LogP contribution in [0.1, 0.15) is 19.3 Å². The van der Waals surface area contributed by atoms with Gasteiger partial charge in [0.2, 0.25) is 0 Å². The van der Waals surface area contributed by atoms with Crippen LogP contribution in [0.15, 0.2) is 0 Å². The van der Waals surface area contributed by atoms with Crippen molar-refractivity contribution in [3.63, 3.8) is 0 Å². The highest BCUT2D eigenvalue weighted by molar-refractivity contribution is 5.82. The van der Waals surface area contributed by atoms with Gasteiger partial charge in [0.05, 0.1) is 6.04 Å². The molecular weight excluding hydrogens is 185 g/mol. The lowest BCUT2D eigenvalue weighted by Crippen LogP contribution is -2.52. The number of nitrogens with one attached hydrogen (secondary N) is 1. The van der Waals surface area contributed by atoms with Gasteiger partial charge in [0.25, 0.3) is 0 Å². The second-order valence-corrected chi connectivity index (χ2v) is 3.47. The smallest absolute Gasteiger partial charge is 0.267 e. The van der Waals surface area contributed by atoms with E-state index in [4.69, 9.17) is 0 Å². The highest BCUT2D eigenvalue weighted by Gasteiger charge is 2.50. The second kappa shape index (κ2) is 2.60. The van der Waals surface area contributed by atoms with Crippen LogP contribution < -0.4 is 5.43 Å². The first-order valence-electron chi connectivity index (χ1n) is 4.15. The Labute approximate surface area is 72.9 Å². The van der Waals surface area contributed by atoms with Crippen molar-refractivity contribution in [2.24, 2.45) is 0 Å². The molecule has 1 saturated carbocycles. The van der Waals surface area contributed by atoms with Gasteiger partial charge in [-0.2, -0.15) is 13.2 Å². The molecule has 1 aliphatic heterocycles. The first-order valence-corrected chi connectivity index (χ1v) is 4.15. The van der Waals surface area contributed by atoms with Crippen LogP contribution in [0.4, 0.5) is 13.2 Å². The van der Waals surface area contributed by atoms with Crippen LogP contribution in [0.25, 0.3) is 0 Å². The van der Waals surface area contributed by atoms with Crippen LogP contribution in [-0.2, 0) is 4.79 Å². The summed E-state index contributed by atoms with van der Waals surface area (Å²) in [7, 11) is 0. The van der Waals surface area contributed by atoms with Crippen LogP contribution >= 0.6 is 0 Å². The van der Waals surface area contributed by atoms with Gasteiger partial charge in [0.1, 0.15) is 0 Å². The largest absolute Gasteiger partial charge is 0.472 e. The van der Waals surface area contributed by atoms with Crippen LogP contribution in [0.2, 0.25) is 0 Å². The fraction of sp³-hybridized carbons (Fsp3) is 0.857. The number of alkyl halides is 3. The predicted octanol–water partition coefficient (Wildman–Crippen LogP) is 0.817. The van der Waals surface area contributed by atoms with Gasteiger partial charge in [-0.25, -0.2) is 5.43 Å². The van der Waals surface area contributed by atoms with E-state index in [9.17, 15) is 18.0 Å². The van der Waals surface area contributed by atoms with E-state index >= 15 is 0 Å². The third kappa shape index (κ3) is 1.39. The van der Waals surface area contributed by atoms with Gasteiger partial charge in [-0.1, -0.05) is 0 Å². The number of nitrogens with zero attached hydrogens (tertiary/aromatic N) is 1. The van der Waals surface area contributed by atoms with E-state index in [-0.39, 0.29) is 12.1 Å². The lowest BCUT2D eigenvalue weighted by atomic mass is 10.2. The quantitative estimate of drug-likeness (QED) is 0.619. The average Bonchev–Trinajstić information content (AvgIpc) is 2.60. The number of carbonyl (C=O) groups is 1. The molecule has 3 nitrogen and oxygen atoms in total. The van der Waals surface area contributed by atoms with Crippen molar-refractivity contribution in [2.45, 2.75) is 37.5 Å². The van der Waals surface area contributed by atoms with E-state index in [1.54, 1.807) is 0 Å². The molecule has 1 N–H and O–H groups in total. The Morgan fingerprint density at radius 1 is 1.38 bits per heavy atom. The number of amides is 1. The molecule has 1 saturated heterocycles. The number of halogens is 3. The van der Waals surface area contributed by atoms with Gasteiger partial charge in [-0.05, 0) is 19.3 Å². The summed E-state index contributed by atoms with van der Waals surface area (Å²) in [5.74, 6) is -1.76. The van der Waals surface area contributed by atoms with Gasteiger partial charge in [-0.3, -0.25) is 9.80 Å². The maximum Gasteiger partial charge on any atom is 0.472 e. The number of fused-ring (bicyclic) bond motifs is 2. The lowest BCUT2D eigenvalue weighted by Gasteiger charge is -2.27. The third-order valence-corrected chi connectivity index (χ3v) is 2.55. The Kier molecular flexibility index (Phi) is 1.76. The molecule has 2 aliphatic rings. The number of hydrogen-bond acceptors (Lipinski definition) is 2. The summed E-state index contributed by atoms with van der Waals surface area (Å²) in [4.78, 5) is 10.8. The SMILES string of the molecule is O=C(N1NC2CCC1C2)C(F)(F)F. The van der Waals surface area contributed by atoms with Crippen molar-refractivity contribution >= 4 is 5.91 Å². The predicted molar refractivity (Wildman–Crippen MR) is 37.5 cm³/mol. The molecule has 0 aromatic carbocycles. The number of rotatable bonds is 0. The molecule has 2 fully saturated rings. The summed E-state index contributed by atoms with van der Waals surface area (Å²) >= 11 is 0. The first kappa shape index (κ1) is 8.80. The van der Waals surface area contributed by atoms with Gasteiger partial charge in [0, 0.05) is 6.04 Å². The van der Waals surface area contributed by atoms with E-state index in [1.165, 1.54) is 0 Å². The van der Waals surface area contributed by atoms with Gasteiger partial charge >= 0.3 is 12.1 Å². The molecule has 2 rings (SSSR count). The summed E-state index contributed by atoms with van der Waals surface area (Å²) in [6, 6.07) is -0.185. The van der Waals surface area contributed by atoms with Crippen LogP contribution in [0, 0.1) is 0 Å². The van der Waals surface area contributed by atoms with Crippen LogP contribution in [0.5, 0.6) is 0 Å². The average molecular weight is 194 g/mol. The normalized spacial score (nSPS) is 32.7. The van der Waals surface area contributed by atoms with Crippen LogP contribution in [0.3, 0.4) is 0 Å². The Balaban J connectivity index is 2.07. The van der Waals surface area contributed by atoms with Crippen molar-refractivity contribution in [3.8, 4) is 0 Å². The third-order valence-electron chi connectivity index (χ3n) is 2.55. The molecule has 1 heterocycles. The molecule has 0 aromatic heterocycles. The highest BCUT2D eigenvalue weighted by atomic mass is 19.4.